The van der Waals surface area contributed by atoms with Gasteiger partial charge >= 0.3 is 24.5 Å². The van der Waals surface area contributed by atoms with Crippen LogP contribution < -0.4 is 4.74 Å². The minimum atomic E-state index is -4.59. The van der Waals surface area contributed by atoms with Crippen molar-refractivity contribution in [3.8, 4) is 17.0 Å². The second kappa shape index (κ2) is 13.7. The van der Waals surface area contributed by atoms with Crippen molar-refractivity contribution < 1.29 is 50.1 Å². The SMILES string of the molecule is CC(C)(C)OC(=O)N1CCn2c(C(F)(F)F)nc(Br)c2C1.COc1ccc(-c2nc(C(F)(F)F)n3c2CN(C(=O)OC(C)(C)C)CC3)cc1. The van der Waals surface area contributed by atoms with Crippen molar-refractivity contribution in [2.24, 2.45) is 0 Å². The smallest absolute Gasteiger partial charge is 0.449 e. The number of hydrogen-bond acceptors (Lipinski definition) is 7. The molecular formula is C31H37BrF6N6O5. The van der Waals surface area contributed by atoms with Crippen LogP contribution in [0.3, 0.4) is 0 Å². The molecule has 0 fully saturated rings. The molecule has 0 aliphatic carbocycles. The van der Waals surface area contributed by atoms with Gasteiger partial charge in [-0.05, 0) is 81.7 Å². The Balaban J connectivity index is 0.000000230. The van der Waals surface area contributed by atoms with Gasteiger partial charge in [0.1, 0.15) is 21.6 Å². The van der Waals surface area contributed by atoms with Crippen molar-refractivity contribution in [1.82, 2.24) is 28.9 Å². The molecule has 11 nitrogen and oxygen atoms in total. The van der Waals surface area contributed by atoms with Crippen molar-refractivity contribution in [1.29, 1.82) is 0 Å². The molecule has 0 bridgehead atoms. The molecule has 0 spiro atoms. The average Bonchev–Trinajstić information content (AvgIpc) is 3.53. The number of alkyl halides is 6. The van der Waals surface area contributed by atoms with Crippen LogP contribution >= 0.6 is 15.9 Å². The Hall–Kier alpha value is -3.96. The highest BCUT2D eigenvalue weighted by atomic mass is 79.9. The zero-order valence-corrected chi connectivity index (χ0v) is 29.5. The summed E-state index contributed by atoms with van der Waals surface area (Å²) >= 11 is 3.02. The molecule has 2 aliphatic rings. The molecule has 2 aliphatic heterocycles. The molecule has 18 heteroatoms. The molecule has 0 unspecified atom stereocenters. The van der Waals surface area contributed by atoms with Crippen molar-refractivity contribution in [3.63, 3.8) is 0 Å². The van der Waals surface area contributed by atoms with E-state index in [1.807, 2.05) is 0 Å². The van der Waals surface area contributed by atoms with E-state index >= 15 is 0 Å². The van der Waals surface area contributed by atoms with Gasteiger partial charge in [-0.2, -0.15) is 26.3 Å². The van der Waals surface area contributed by atoms with E-state index in [4.69, 9.17) is 14.2 Å². The third kappa shape index (κ3) is 9.19. The average molecular weight is 768 g/mol. The Labute approximate surface area is 287 Å². The van der Waals surface area contributed by atoms with E-state index in [0.717, 1.165) is 9.13 Å². The molecule has 0 saturated carbocycles. The van der Waals surface area contributed by atoms with Crippen molar-refractivity contribution >= 4 is 28.1 Å². The molecule has 0 atom stereocenters. The van der Waals surface area contributed by atoms with Crippen LogP contribution in [-0.2, 0) is 48.0 Å². The fraction of sp³-hybridized carbons (Fsp3) is 0.548. The molecule has 0 radical (unpaired) electrons. The Kier molecular flexibility index (Phi) is 10.6. The minimum Gasteiger partial charge on any atom is -0.497 e. The van der Waals surface area contributed by atoms with E-state index in [9.17, 15) is 35.9 Å². The topological polar surface area (TPSA) is 104 Å². The van der Waals surface area contributed by atoms with E-state index in [1.165, 1.54) is 16.9 Å². The first-order valence-corrected chi connectivity index (χ1v) is 15.9. The summed E-state index contributed by atoms with van der Waals surface area (Å²) in [4.78, 5) is 34.5. The van der Waals surface area contributed by atoms with Gasteiger partial charge in [0, 0.05) is 31.7 Å². The lowest BCUT2D eigenvalue weighted by Gasteiger charge is -2.31. The molecule has 3 aromatic rings. The highest BCUT2D eigenvalue weighted by Gasteiger charge is 2.42. The van der Waals surface area contributed by atoms with E-state index in [0.29, 0.717) is 22.7 Å². The van der Waals surface area contributed by atoms with Gasteiger partial charge in [0.2, 0.25) is 11.6 Å². The maximum absolute atomic E-state index is 13.5. The lowest BCUT2D eigenvalue weighted by molar-refractivity contribution is -0.148. The first-order valence-electron chi connectivity index (χ1n) is 15.1. The van der Waals surface area contributed by atoms with Gasteiger partial charge in [-0.3, -0.25) is 0 Å². The Bertz CT molecular complexity index is 1670. The molecular weight excluding hydrogens is 730 g/mol. The van der Waals surface area contributed by atoms with Crippen molar-refractivity contribution in [3.05, 3.63) is 51.9 Å². The number of carbonyl (C=O) groups is 2. The van der Waals surface area contributed by atoms with Gasteiger partial charge in [0.15, 0.2) is 0 Å². The van der Waals surface area contributed by atoms with Crippen LogP contribution in [0.2, 0.25) is 0 Å². The number of ether oxygens (including phenoxy) is 3. The molecule has 49 heavy (non-hydrogen) atoms. The maximum atomic E-state index is 13.5. The number of benzene rings is 1. The zero-order chi connectivity index (χ0) is 36.7. The number of fused-ring (bicyclic) bond motifs is 2. The quantitative estimate of drug-likeness (QED) is 0.246. The van der Waals surface area contributed by atoms with Crippen LogP contribution in [0.25, 0.3) is 11.3 Å². The summed E-state index contributed by atoms with van der Waals surface area (Å²) in [6, 6.07) is 6.61. The largest absolute Gasteiger partial charge is 0.497 e. The Morgan fingerprint density at radius 3 is 1.55 bits per heavy atom. The molecule has 2 amide bonds. The second-order valence-electron chi connectivity index (χ2n) is 13.2. The number of aromatic nitrogens is 4. The Morgan fingerprint density at radius 1 is 0.694 bits per heavy atom. The molecule has 0 N–H and O–H groups in total. The monoisotopic (exact) mass is 766 g/mol. The van der Waals surface area contributed by atoms with Gasteiger partial charge < -0.3 is 33.1 Å². The summed E-state index contributed by atoms with van der Waals surface area (Å²) in [6.45, 7) is 10.7. The lowest BCUT2D eigenvalue weighted by Crippen LogP contribution is -2.42. The summed E-state index contributed by atoms with van der Waals surface area (Å²) < 4.78 is 97.1. The molecule has 270 valence electrons. The minimum absolute atomic E-state index is 0.00737. The highest BCUT2D eigenvalue weighted by molar-refractivity contribution is 9.10. The summed E-state index contributed by atoms with van der Waals surface area (Å²) in [5.41, 5.74) is 0.0248. The summed E-state index contributed by atoms with van der Waals surface area (Å²) in [5, 5.41) is 0. The fourth-order valence-corrected chi connectivity index (χ4v) is 5.58. The maximum Gasteiger partial charge on any atom is 0.449 e. The fourth-order valence-electron chi connectivity index (χ4n) is 5.07. The number of halogens is 7. The van der Waals surface area contributed by atoms with Crippen LogP contribution in [-0.4, -0.2) is 72.5 Å². The lowest BCUT2D eigenvalue weighted by atomic mass is 10.1. The molecule has 0 saturated heterocycles. The van der Waals surface area contributed by atoms with Gasteiger partial charge in [-0.1, -0.05) is 0 Å². The van der Waals surface area contributed by atoms with Gasteiger partial charge in [-0.15, -0.1) is 0 Å². The summed E-state index contributed by atoms with van der Waals surface area (Å²) in [7, 11) is 1.51. The zero-order valence-electron chi connectivity index (χ0n) is 27.9. The number of imidazole rings is 2. The van der Waals surface area contributed by atoms with Crippen molar-refractivity contribution in [2.45, 2.75) is 91.3 Å². The third-order valence-corrected chi connectivity index (χ3v) is 7.77. The molecule has 5 rings (SSSR count). The summed E-state index contributed by atoms with van der Waals surface area (Å²) in [6.07, 6.45) is -10.2. The normalized spacial score (nSPS) is 15.1. The van der Waals surface area contributed by atoms with E-state index < -0.39 is 47.4 Å². The van der Waals surface area contributed by atoms with Crippen LogP contribution in [0.1, 0.15) is 64.6 Å². The molecule has 2 aromatic heterocycles. The van der Waals surface area contributed by atoms with Crippen LogP contribution in [0.15, 0.2) is 28.9 Å². The van der Waals surface area contributed by atoms with E-state index in [-0.39, 0.29) is 49.6 Å². The van der Waals surface area contributed by atoms with Gasteiger partial charge in [-0.25, -0.2) is 19.6 Å². The number of hydrogen-bond donors (Lipinski definition) is 0. The number of methoxy groups -OCH3 is 1. The predicted octanol–water partition coefficient (Wildman–Crippen LogP) is 7.74. The van der Waals surface area contributed by atoms with Crippen molar-refractivity contribution in [2.75, 3.05) is 20.2 Å². The number of carbonyl (C=O) groups excluding carboxylic acids is 2. The number of nitrogens with zero attached hydrogens (tertiary/aromatic N) is 6. The van der Waals surface area contributed by atoms with Crippen LogP contribution in [0, 0.1) is 0 Å². The molecule has 4 heterocycles. The highest BCUT2D eigenvalue weighted by Crippen LogP contribution is 2.37. The Morgan fingerprint density at radius 2 is 1.12 bits per heavy atom. The van der Waals surface area contributed by atoms with E-state index in [2.05, 4.69) is 25.9 Å². The second-order valence-corrected chi connectivity index (χ2v) is 14.0. The van der Waals surface area contributed by atoms with Gasteiger partial charge in [0.05, 0.1) is 37.3 Å². The van der Waals surface area contributed by atoms with Gasteiger partial charge in [0.25, 0.3) is 0 Å². The third-order valence-electron chi connectivity index (χ3n) is 7.14. The first kappa shape index (κ1) is 37.9. The molecule has 1 aromatic carbocycles. The van der Waals surface area contributed by atoms with Crippen LogP contribution in [0.5, 0.6) is 5.75 Å². The standard InChI is InChI=1S/C19H22F3N3O3.C12H15BrF3N3O2/c1-18(2,3)28-17(26)24-9-10-25-14(11-24)15(23-16(25)19(20,21)22)12-5-7-13(27-4)8-6-12;1-11(2,3)21-10(20)18-4-5-19-7(6-18)8(13)17-9(19)12(14,15)16/h5-8H,9-11H2,1-4H3;4-6H2,1-3H3. The predicted molar refractivity (Wildman–Crippen MR) is 167 cm³/mol. The first-order chi connectivity index (χ1) is 22.5. The van der Waals surface area contributed by atoms with E-state index in [1.54, 1.807) is 65.8 Å². The number of amides is 2. The number of rotatable bonds is 2. The summed E-state index contributed by atoms with van der Waals surface area (Å²) in [5.74, 6) is -1.33. The van der Waals surface area contributed by atoms with Crippen LogP contribution in [0.4, 0.5) is 35.9 Å².